The van der Waals surface area contributed by atoms with Crippen molar-refractivity contribution in [3.63, 3.8) is 0 Å². The normalized spacial score (nSPS) is 16.8. The van der Waals surface area contributed by atoms with E-state index >= 15 is 0 Å². The third-order valence-corrected chi connectivity index (χ3v) is 6.59. The average Bonchev–Trinajstić information content (AvgIpc) is 3.00. The smallest absolute Gasteiger partial charge is 0.305 e. The molecular weight excluding hydrogens is 378 g/mol. The average molecular weight is 399 g/mol. The number of sulfonamides is 1. The van der Waals surface area contributed by atoms with Crippen molar-refractivity contribution in [2.45, 2.75) is 43.3 Å². The highest BCUT2D eigenvalue weighted by Crippen LogP contribution is 2.33. The van der Waals surface area contributed by atoms with Gasteiger partial charge in [-0.25, -0.2) is 18.1 Å². The van der Waals surface area contributed by atoms with Crippen LogP contribution in [0.2, 0.25) is 0 Å². The predicted octanol–water partition coefficient (Wildman–Crippen LogP) is 2.35. The molecule has 28 heavy (non-hydrogen) atoms. The molecule has 146 valence electrons. The Bertz CT molecular complexity index is 1120. The lowest BCUT2D eigenvalue weighted by Gasteiger charge is -2.24. The van der Waals surface area contributed by atoms with Gasteiger partial charge in [-0.05, 0) is 43.0 Å². The van der Waals surface area contributed by atoms with Crippen molar-refractivity contribution >= 4 is 26.9 Å². The summed E-state index contributed by atoms with van der Waals surface area (Å²) in [5, 5.41) is 10.1. The van der Waals surface area contributed by atoms with E-state index in [4.69, 9.17) is 5.11 Å². The molecule has 4 rings (SSSR count). The number of para-hydroxylation sites is 1. The van der Waals surface area contributed by atoms with Crippen molar-refractivity contribution in [3.05, 3.63) is 59.9 Å². The van der Waals surface area contributed by atoms with E-state index in [1.54, 1.807) is 12.1 Å². The van der Waals surface area contributed by atoms with Crippen molar-refractivity contribution in [2.75, 3.05) is 0 Å². The van der Waals surface area contributed by atoms with E-state index in [0.29, 0.717) is 25.8 Å². The summed E-state index contributed by atoms with van der Waals surface area (Å²) >= 11 is 0. The number of hydrogen-bond acceptors (Lipinski definition) is 4. The van der Waals surface area contributed by atoms with E-state index in [1.807, 2.05) is 24.3 Å². The predicted molar refractivity (Wildman–Crippen MR) is 105 cm³/mol. The molecule has 0 unspecified atom stereocenters. The summed E-state index contributed by atoms with van der Waals surface area (Å²) in [5.41, 5.74) is 3.21. The van der Waals surface area contributed by atoms with E-state index in [9.17, 15) is 13.2 Å². The van der Waals surface area contributed by atoms with Gasteiger partial charge in [-0.2, -0.15) is 0 Å². The maximum Gasteiger partial charge on any atom is 0.305 e. The number of pyridine rings is 1. The Balaban J connectivity index is 1.64. The fourth-order valence-electron chi connectivity index (χ4n) is 3.95. The number of nitrogens with one attached hydrogen (secondary N) is 1. The topological polar surface area (TPSA) is 101 Å². The lowest BCUT2D eigenvalue weighted by atomic mass is 9.92. The highest BCUT2D eigenvalue weighted by atomic mass is 32.2. The van der Waals surface area contributed by atoms with Crippen LogP contribution < -0.4 is 4.72 Å². The number of carboxylic acid groups (broad SMARTS) is 1. The van der Waals surface area contributed by atoms with E-state index in [-0.39, 0.29) is 17.5 Å². The van der Waals surface area contributed by atoms with Crippen molar-refractivity contribution in [1.29, 1.82) is 0 Å². The van der Waals surface area contributed by atoms with E-state index < -0.39 is 16.0 Å². The first kappa shape index (κ1) is 18.6. The molecule has 0 bridgehead atoms. The lowest BCUT2D eigenvalue weighted by molar-refractivity contribution is -0.137. The second kappa shape index (κ2) is 7.37. The molecular formula is C20H21N3O4S. The van der Waals surface area contributed by atoms with Crippen molar-refractivity contribution in [2.24, 2.45) is 0 Å². The molecule has 8 heteroatoms. The SMILES string of the molecule is O=C(O)CCn1c2c(c3ccccc31)C[C@H](NS(=O)(=O)c1ccccn1)CC2. The maximum atomic E-state index is 12.6. The Morgan fingerprint density at radius 3 is 2.75 bits per heavy atom. The van der Waals surface area contributed by atoms with E-state index in [1.165, 1.54) is 12.3 Å². The molecule has 2 N–H and O–H groups in total. The first-order chi connectivity index (χ1) is 13.5. The zero-order valence-corrected chi connectivity index (χ0v) is 16.0. The maximum absolute atomic E-state index is 12.6. The summed E-state index contributed by atoms with van der Waals surface area (Å²) in [7, 11) is -3.68. The van der Waals surface area contributed by atoms with Gasteiger partial charge in [0.25, 0.3) is 10.0 Å². The van der Waals surface area contributed by atoms with Crippen LogP contribution in [0.4, 0.5) is 0 Å². The van der Waals surface area contributed by atoms with Crippen LogP contribution in [-0.4, -0.2) is 35.1 Å². The number of carbonyl (C=O) groups is 1. The molecule has 1 atom stereocenters. The number of rotatable bonds is 6. The summed E-state index contributed by atoms with van der Waals surface area (Å²) < 4.78 is 30.1. The zero-order valence-electron chi connectivity index (χ0n) is 15.2. The minimum Gasteiger partial charge on any atom is -0.481 e. The van der Waals surface area contributed by atoms with Gasteiger partial charge in [0.15, 0.2) is 5.03 Å². The van der Waals surface area contributed by atoms with E-state index in [2.05, 4.69) is 14.3 Å². The van der Waals surface area contributed by atoms with Gasteiger partial charge >= 0.3 is 5.97 Å². The van der Waals surface area contributed by atoms with Crippen LogP contribution in [0.15, 0.2) is 53.7 Å². The number of hydrogen-bond donors (Lipinski definition) is 2. The second-order valence-corrected chi connectivity index (χ2v) is 8.63. The summed E-state index contributed by atoms with van der Waals surface area (Å²) in [6.07, 6.45) is 3.44. The van der Waals surface area contributed by atoms with Crippen molar-refractivity contribution < 1.29 is 18.3 Å². The van der Waals surface area contributed by atoms with Crippen molar-refractivity contribution in [3.8, 4) is 0 Å². The summed E-state index contributed by atoms with van der Waals surface area (Å²) in [4.78, 5) is 15.0. The zero-order chi connectivity index (χ0) is 19.7. The minimum absolute atomic E-state index is 0.0182. The molecule has 0 radical (unpaired) electrons. The molecule has 0 saturated carbocycles. The fraction of sp³-hybridized carbons (Fsp3) is 0.300. The van der Waals surface area contributed by atoms with Crippen LogP contribution >= 0.6 is 0 Å². The van der Waals surface area contributed by atoms with Crippen LogP contribution in [0, 0.1) is 0 Å². The van der Waals surface area contributed by atoms with Gasteiger partial charge in [0.1, 0.15) is 0 Å². The van der Waals surface area contributed by atoms with Crippen molar-refractivity contribution in [1.82, 2.24) is 14.3 Å². The highest BCUT2D eigenvalue weighted by molar-refractivity contribution is 7.89. The van der Waals surface area contributed by atoms with Gasteiger partial charge in [0.05, 0.1) is 6.42 Å². The van der Waals surface area contributed by atoms with E-state index in [0.717, 1.165) is 22.2 Å². The number of benzene rings is 1. The Hall–Kier alpha value is -2.71. The molecule has 3 aromatic rings. The Morgan fingerprint density at radius 2 is 2.00 bits per heavy atom. The molecule has 1 aromatic carbocycles. The standard InChI is InChI=1S/C20H21N3O4S/c24-20(25)10-12-23-17-6-2-1-5-15(17)16-13-14(8-9-18(16)23)22-28(26,27)19-7-3-4-11-21-19/h1-7,11,14,22H,8-10,12-13H2,(H,24,25)/t14-/m1/s1. The fourth-order valence-corrected chi connectivity index (χ4v) is 5.17. The summed E-state index contributed by atoms with van der Waals surface area (Å²) in [6.45, 7) is 0.412. The monoisotopic (exact) mass is 399 g/mol. The number of nitrogens with zero attached hydrogens (tertiary/aromatic N) is 2. The Kier molecular flexibility index (Phi) is 4.91. The molecule has 0 fully saturated rings. The molecule has 0 spiro atoms. The Morgan fingerprint density at radius 1 is 1.21 bits per heavy atom. The largest absolute Gasteiger partial charge is 0.481 e. The number of fused-ring (bicyclic) bond motifs is 3. The Labute approximate surface area is 163 Å². The first-order valence-electron chi connectivity index (χ1n) is 9.20. The lowest BCUT2D eigenvalue weighted by Crippen LogP contribution is -2.39. The molecule has 0 aliphatic heterocycles. The molecule has 0 amide bonds. The minimum atomic E-state index is -3.68. The van der Waals surface area contributed by atoms with Gasteiger partial charge in [0.2, 0.25) is 0 Å². The second-order valence-electron chi connectivity index (χ2n) is 6.97. The highest BCUT2D eigenvalue weighted by Gasteiger charge is 2.29. The summed E-state index contributed by atoms with van der Waals surface area (Å²) in [5.74, 6) is -0.830. The van der Waals surface area contributed by atoms with Crippen LogP contribution in [0.25, 0.3) is 10.9 Å². The quantitative estimate of drug-likeness (QED) is 0.663. The molecule has 1 aliphatic rings. The molecule has 2 heterocycles. The van der Waals surface area contributed by atoms with Gasteiger partial charge in [0, 0.05) is 35.4 Å². The molecule has 1 aliphatic carbocycles. The number of aliphatic carboxylic acids is 1. The first-order valence-corrected chi connectivity index (χ1v) is 10.7. The van der Waals surface area contributed by atoms with Gasteiger partial charge in [-0.3, -0.25) is 4.79 Å². The third kappa shape index (κ3) is 3.53. The van der Waals surface area contributed by atoms with Gasteiger partial charge in [-0.15, -0.1) is 0 Å². The van der Waals surface area contributed by atoms with Crippen LogP contribution in [0.3, 0.4) is 0 Å². The molecule has 2 aromatic heterocycles. The number of aromatic nitrogens is 2. The van der Waals surface area contributed by atoms with Crippen LogP contribution in [-0.2, 0) is 34.2 Å². The van der Waals surface area contributed by atoms with Crippen LogP contribution in [0.1, 0.15) is 24.1 Å². The van der Waals surface area contributed by atoms with Crippen LogP contribution in [0.5, 0.6) is 0 Å². The van der Waals surface area contributed by atoms with Gasteiger partial charge < -0.3 is 9.67 Å². The number of aryl methyl sites for hydroxylation is 1. The molecule has 7 nitrogen and oxygen atoms in total. The van der Waals surface area contributed by atoms with Gasteiger partial charge in [-0.1, -0.05) is 24.3 Å². The third-order valence-electron chi connectivity index (χ3n) is 5.16. The summed E-state index contributed by atoms with van der Waals surface area (Å²) in [6, 6.07) is 12.5. The number of carboxylic acids is 1. The molecule has 0 saturated heterocycles.